The van der Waals surface area contributed by atoms with Gasteiger partial charge in [-0.1, -0.05) is 103 Å². The van der Waals surface area contributed by atoms with E-state index in [0.29, 0.717) is 0 Å². The molecule has 66 heavy (non-hydrogen) atoms. The molecule has 7 aromatic heterocycles. The van der Waals surface area contributed by atoms with Crippen LogP contribution in [0.4, 0.5) is 0 Å². The maximum Gasteiger partial charge on any atom is 0.387 e. The predicted molar refractivity (Wildman–Crippen MR) is 266 cm³/mol. The Bertz CT molecular complexity index is 4370. The average molecular weight is 847 g/mol. The second-order valence-corrected chi connectivity index (χ2v) is 17.4. The lowest BCUT2D eigenvalue weighted by Gasteiger charge is -2.08. The Labute approximate surface area is 372 Å². The van der Waals surface area contributed by atoms with Gasteiger partial charge in [0.2, 0.25) is 5.58 Å². The fourth-order valence-corrected chi connectivity index (χ4v) is 11.2. The number of nitrogens with zero attached hydrogens (tertiary/aromatic N) is 3. The minimum absolute atomic E-state index is 0.723. The van der Waals surface area contributed by atoms with E-state index in [4.69, 9.17) is 17.7 Å². The van der Waals surface area contributed by atoms with Gasteiger partial charge in [-0.2, -0.15) is 0 Å². The normalized spacial score (nSPS) is 12.5. The van der Waals surface area contributed by atoms with Gasteiger partial charge in [0.1, 0.15) is 22.3 Å². The Morgan fingerprint density at radius 1 is 0.288 bits per heavy atom. The summed E-state index contributed by atoms with van der Waals surface area (Å²) in [6, 6.07) is 66.1. The van der Waals surface area contributed by atoms with Gasteiger partial charge in [0, 0.05) is 71.4 Å². The van der Waals surface area contributed by atoms with Crippen LogP contribution in [0.2, 0.25) is 0 Å². The van der Waals surface area contributed by atoms with Crippen molar-refractivity contribution in [3.05, 3.63) is 194 Å². The van der Waals surface area contributed by atoms with E-state index in [1.807, 2.05) is 6.20 Å². The highest BCUT2D eigenvalue weighted by molar-refractivity contribution is 6.19. The molecule has 0 amide bonds. The molecule has 0 spiro atoms. The smallest absolute Gasteiger partial charge is 0.387 e. The number of pyridine rings is 1. The van der Waals surface area contributed by atoms with E-state index >= 15 is 0 Å². The number of aromatic nitrogens is 3. The summed E-state index contributed by atoms with van der Waals surface area (Å²) in [7, 11) is 0. The van der Waals surface area contributed by atoms with Crippen LogP contribution in [0.1, 0.15) is 0 Å². The van der Waals surface area contributed by atoms with Gasteiger partial charge in [-0.05, 0) is 72.8 Å². The summed E-state index contributed by atoms with van der Waals surface area (Å²) in [6.45, 7) is 0. The molecule has 0 N–H and O–H groups in total. The fourth-order valence-electron chi connectivity index (χ4n) is 11.2. The highest BCUT2D eigenvalue weighted by Crippen LogP contribution is 2.43. The van der Waals surface area contributed by atoms with Gasteiger partial charge < -0.3 is 26.8 Å². The minimum atomic E-state index is 0.723. The third kappa shape index (κ3) is 4.38. The third-order valence-electron chi connectivity index (χ3n) is 14.0. The van der Waals surface area contributed by atoms with Crippen LogP contribution in [0.25, 0.3) is 149 Å². The molecule has 16 rings (SSSR count). The first kappa shape index (κ1) is 34.4. The molecule has 0 atom stereocenters. The van der Waals surface area contributed by atoms with Gasteiger partial charge in [-0.3, -0.25) is 0 Å². The molecule has 0 aliphatic heterocycles. The van der Waals surface area contributed by atoms with Gasteiger partial charge in [-0.25, -0.2) is 0 Å². The van der Waals surface area contributed by atoms with Crippen molar-refractivity contribution in [1.82, 2.24) is 9.13 Å². The first-order valence-electron chi connectivity index (χ1n) is 22.2. The zero-order valence-corrected chi connectivity index (χ0v) is 34.9. The van der Waals surface area contributed by atoms with Gasteiger partial charge in [0.15, 0.2) is 17.4 Å². The van der Waals surface area contributed by atoms with Gasteiger partial charge in [-0.15, -0.1) is 4.57 Å². The van der Waals surface area contributed by atoms with Crippen LogP contribution in [0.15, 0.2) is 212 Å². The molecule has 0 saturated carbocycles. The Hall–Kier alpha value is -9.07. The van der Waals surface area contributed by atoms with Crippen molar-refractivity contribution >= 4 is 131 Å². The third-order valence-corrected chi connectivity index (χ3v) is 14.0. The number of rotatable bonds is 3. The quantitative estimate of drug-likeness (QED) is 0.166. The number of para-hydroxylation sites is 7. The molecular formula is C59H32N3O4+. The minimum Gasteiger partial charge on any atom is -0.454 e. The molecule has 306 valence electrons. The van der Waals surface area contributed by atoms with Gasteiger partial charge >= 0.3 is 5.71 Å². The summed E-state index contributed by atoms with van der Waals surface area (Å²) in [5.74, 6) is 0. The van der Waals surface area contributed by atoms with Crippen LogP contribution in [0.3, 0.4) is 0 Å². The number of hydrogen-bond acceptors (Lipinski definition) is 4. The molecule has 0 bridgehead atoms. The molecular weight excluding hydrogens is 815 g/mol. The summed E-state index contributed by atoms with van der Waals surface area (Å²) >= 11 is 0. The fraction of sp³-hybridized carbons (Fsp3) is 0. The van der Waals surface area contributed by atoms with E-state index in [9.17, 15) is 0 Å². The lowest BCUT2D eigenvalue weighted by atomic mass is 10.1. The lowest BCUT2D eigenvalue weighted by Crippen LogP contribution is -2.30. The van der Waals surface area contributed by atoms with Crippen LogP contribution >= 0.6 is 0 Å². The molecule has 16 aromatic rings. The first-order chi connectivity index (χ1) is 32.7. The van der Waals surface area contributed by atoms with E-state index in [1.54, 1.807) is 0 Å². The predicted octanol–water partition coefficient (Wildman–Crippen LogP) is 15.8. The van der Waals surface area contributed by atoms with Crippen molar-refractivity contribution in [2.75, 3.05) is 0 Å². The second kappa shape index (κ2) is 12.3. The van der Waals surface area contributed by atoms with Crippen LogP contribution in [0, 0.1) is 0 Å². The molecule has 7 heterocycles. The van der Waals surface area contributed by atoms with Crippen molar-refractivity contribution in [3.8, 4) is 17.1 Å². The van der Waals surface area contributed by atoms with Crippen LogP contribution in [-0.4, -0.2) is 9.13 Å². The topological polar surface area (TPSA) is 66.3 Å². The molecule has 7 heteroatoms. The van der Waals surface area contributed by atoms with E-state index in [1.165, 1.54) is 21.5 Å². The Kier molecular flexibility index (Phi) is 6.44. The van der Waals surface area contributed by atoms with Crippen molar-refractivity contribution in [2.24, 2.45) is 0 Å². The number of hydrogen-bond donors (Lipinski definition) is 0. The molecule has 0 fully saturated rings. The number of benzene rings is 9. The summed E-state index contributed by atoms with van der Waals surface area (Å²) in [4.78, 5) is 0. The second-order valence-electron chi connectivity index (χ2n) is 17.4. The summed E-state index contributed by atoms with van der Waals surface area (Å²) in [6.07, 6.45) is 2.04. The molecule has 0 unspecified atom stereocenters. The van der Waals surface area contributed by atoms with Crippen molar-refractivity contribution in [1.29, 1.82) is 0 Å². The molecule has 7 nitrogen and oxygen atoms in total. The monoisotopic (exact) mass is 846 g/mol. The zero-order valence-electron chi connectivity index (χ0n) is 34.9. The van der Waals surface area contributed by atoms with Gasteiger partial charge in [0.25, 0.3) is 5.69 Å². The van der Waals surface area contributed by atoms with Crippen molar-refractivity contribution in [2.45, 2.75) is 0 Å². The van der Waals surface area contributed by atoms with E-state index in [0.717, 1.165) is 127 Å². The average Bonchev–Trinajstić information content (AvgIpc) is 4.22. The molecule has 0 aliphatic carbocycles. The zero-order chi connectivity index (χ0) is 42.8. The number of fused-ring (bicyclic) bond motifs is 18. The highest BCUT2D eigenvalue weighted by atomic mass is 16.4. The van der Waals surface area contributed by atoms with Crippen molar-refractivity contribution < 1.29 is 22.2 Å². The molecule has 0 aliphatic rings. The maximum atomic E-state index is 6.87. The summed E-state index contributed by atoms with van der Waals surface area (Å²) in [5.41, 5.74) is 13.8. The molecule has 9 aromatic carbocycles. The van der Waals surface area contributed by atoms with E-state index < -0.39 is 0 Å². The molecule has 0 saturated heterocycles. The standard InChI is InChI=1S/C59H32N3O4/c1-5-21-45-33(13-1)34-14-2-6-22-46(34)61(45)50-26-10-18-38-42-30-52-41(29-53(42)64-57(38)50)37-17-9-25-49(56(37)63-52)60-28-12-20-40-44-32-54-43(31-55(44)66-59(40)60)39-19-11-27-51(58(39)65-54)62-47-23-7-3-15-35(47)36-16-4-8-24-48(36)62/h1-32H/q+1. The SMILES string of the molecule is c1cc(-n2c3ccccc3c3ccccc32)c2oc3cc4c(cc3c2c1)oc1c(-[n+]2cccc3c5cc6oc7c(-n8c9ccccc9c9ccccc98)cccc7c6cc5oc32)cccc14. The van der Waals surface area contributed by atoms with Crippen LogP contribution < -0.4 is 4.57 Å². The van der Waals surface area contributed by atoms with Crippen molar-refractivity contribution in [3.63, 3.8) is 0 Å². The number of furan rings is 4. The Morgan fingerprint density at radius 2 is 0.652 bits per heavy atom. The van der Waals surface area contributed by atoms with E-state index in [2.05, 4.69) is 202 Å². The van der Waals surface area contributed by atoms with Crippen LogP contribution in [0.5, 0.6) is 0 Å². The summed E-state index contributed by atoms with van der Waals surface area (Å²) < 4.78 is 34.2. The Morgan fingerprint density at radius 3 is 1.14 bits per heavy atom. The lowest BCUT2D eigenvalue weighted by molar-refractivity contribution is -0.573. The van der Waals surface area contributed by atoms with Crippen LogP contribution in [-0.2, 0) is 0 Å². The Balaban J connectivity index is 0.852. The van der Waals surface area contributed by atoms with E-state index in [-0.39, 0.29) is 0 Å². The first-order valence-corrected chi connectivity index (χ1v) is 22.2. The highest BCUT2D eigenvalue weighted by Gasteiger charge is 2.27. The largest absolute Gasteiger partial charge is 0.454 e. The molecule has 0 radical (unpaired) electrons. The summed E-state index contributed by atoms with van der Waals surface area (Å²) in [5, 5.41) is 12.9. The van der Waals surface area contributed by atoms with Gasteiger partial charge in [0.05, 0.1) is 38.8 Å². The maximum absolute atomic E-state index is 6.87.